The number of aliphatic hydroxyl groups is 1. The lowest BCUT2D eigenvalue weighted by atomic mass is 9.74. The van der Waals surface area contributed by atoms with E-state index in [9.17, 15) is 5.11 Å². The van der Waals surface area contributed by atoms with Gasteiger partial charge in [-0.05, 0) is 30.5 Å². The summed E-state index contributed by atoms with van der Waals surface area (Å²) in [6.45, 7) is 2.79. The van der Waals surface area contributed by atoms with Crippen molar-refractivity contribution in [2.75, 3.05) is 19.8 Å². The van der Waals surface area contributed by atoms with Crippen LogP contribution in [0.2, 0.25) is 0 Å². The molecule has 1 aromatic rings. The third-order valence-electron chi connectivity index (χ3n) is 4.89. The Labute approximate surface area is 135 Å². The molecule has 0 saturated heterocycles. The Balaban J connectivity index is 1.63. The van der Waals surface area contributed by atoms with E-state index in [2.05, 4.69) is 33.4 Å². The summed E-state index contributed by atoms with van der Waals surface area (Å²) in [5.41, 5.74) is 2.62. The number of rotatable bonds is 5. The zero-order chi connectivity index (χ0) is 14.7. The fraction of sp³-hybridized carbons (Fsp3) is 0.647. The molecular formula is C17H24BrNO2. The monoisotopic (exact) mass is 353 g/mol. The van der Waals surface area contributed by atoms with Gasteiger partial charge in [0.1, 0.15) is 5.75 Å². The minimum atomic E-state index is 0.0916. The first-order valence-corrected chi connectivity index (χ1v) is 8.77. The van der Waals surface area contributed by atoms with Crippen LogP contribution in [0, 0.1) is 5.41 Å². The van der Waals surface area contributed by atoms with Crippen LogP contribution in [0.25, 0.3) is 0 Å². The number of nitrogens with one attached hydrogen (secondary N) is 1. The smallest absolute Gasteiger partial charge is 0.127 e. The van der Waals surface area contributed by atoms with Crippen molar-refractivity contribution in [1.82, 2.24) is 5.32 Å². The Morgan fingerprint density at radius 1 is 1.24 bits per heavy atom. The highest BCUT2D eigenvalue weighted by molar-refractivity contribution is 9.10. The molecule has 1 aromatic carbocycles. The van der Waals surface area contributed by atoms with Crippen molar-refractivity contribution in [3.05, 3.63) is 27.7 Å². The lowest BCUT2D eigenvalue weighted by Crippen LogP contribution is -2.38. The fourth-order valence-corrected chi connectivity index (χ4v) is 4.18. The summed E-state index contributed by atoms with van der Waals surface area (Å²) in [5, 5.41) is 13.3. The van der Waals surface area contributed by atoms with Crippen molar-refractivity contribution in [2.24, 2.45) is 5.41 Å². The van der Waals surface area contributed by atoms with Gasteiger partial charge in [-0.1, -0.05) is 35.2 Å². The van der Waals surface area contributed by atoms with Gasteiger partial charge in [0.05, 0.1) is 6.61 Å². The molecule has 4 heteroatoms. The van der Waals surface area contributed by atoms with E-state index in [4.69, 9.17) is 4.74 Å². The summed E-state index contributed by atoms with van der Waals surface area (Å²) < 4.78 is 6.89. The topological polar surface area (TPSA) is 41.5 Å². The molecule has 0 amide bonds. The number of benzene rings is 1. The van der Waals surface area contributed by atoms with Crippen LogP contribution in [0.5, 0.6) is 5.75 Å². The minimum absolute atomic E-state index is 0.0916. The summed E-state index contributed by atoms with van der Waals surface area (Å²) in [4.78, 5) is 0. The molecule has 2 aliphatic rings. The highest BCUT2D eigenvalue weighted by Gasteiger charge is 2.31. The maximum Gasteiger partial charge on any atom is 0.127 e. The SMILES string of the molecule is OCC1(CNCc2cc(Br)cc3c2OCC3)CCCCC1. The molecule has 0 radical (unpaired) electrons. The van der Waals surface area contributed by atoms with Gasteiger partial charge in [-0.25, -0.2) is 0 Å². The highest BCUT2D eigenvalue weighted by Crippen LogP contribution is 2.36. The van der Waals surface area contributed by atoms with Crippen molar-refractivity contribution in [3.63, 3.8) is 0 Å². The van der Waals surface area contributed by atoms with Crippen molar-refractivity contribution >= 4 is 15.9 Å². The Hall–Kier alpha value is -0.580. The van der Waals surface area contributed by atoms with Crippen molar-refractivity contribution in [1.29, 1.82) is 0 Å². The summed E-state index contributed by atoms with van der Waals surface area (Å²) in [5.74, 6) is 1.06. The van der Waals surface area contributed by atoms with Crippen molar-refractivity contribution in [3.8, 4) is 5.75 Å². The Kier molecular flexibility index (Phi) is 4.87. The zero-order valence-electron chi connectivity index (χ0n) is 12.5. The van der Waals surface area contributed by atoms with Crippen LogP contribution in [-0.2, 0) is 13.0 Å². The fourth-order valence-electron chi connectivity index (χ4n) is 3.63. The van der Waals surface area contributed by atoms with Gasteiger partial charge in [-0.15, -0.1) is 0 Å². The summed E-state index contributed by atoms with van der Waals surface area (Å²) in [7, 11) is 0. The molecule has 116 valence electrons. The molecule has 0 unspecified atom stereocenters. The first-order valence-electron chi connectivity index (χ1n) is 7.98. The quantitative estimate of drug-likeness (QED) is 0.852. The molecule has 0 spiro atoms. The Bertz CT molecular complexity index is 498. The van der Waals surface area contributed by atoms with Crippen LogP contribution in [-0.4, -0.2) is 24.9 Å². The molecular weight excluding hydrogens is 330 g/mol. The largest absolute Gasteiger partial charge is 0.493 e. The lowest BCUT2D eigenvalue weighted by molar-refractivity contribution is 0.0810. The third-order valence-corrected chi connectivity index (χ3v) is 5.35. The molecule has 3 nitrogen and oxygen atoms in total. The van der Waals surface area contributed by atoms with E-state index in [1.54, 1.807) is 0 Å². The van der Waals surface area contributed by atoms with E-state index in [1.165, 1.54) is 30.4 Å². The highest BCUT2D eigenvalue weighted by atomic mass is 79.9. The number of ether oxygens (including phenoxy) is 1. The Morgan fingerprint density at radius 2 is 2.05 bits per heavy atom. The van der Waals surface area contributed by atoms with Crippen LogP contribution < -0.4 is 10.1 Å². The summed E-state index contributed by atoms with van der Waals surface area (Å²) in [6.07, 6.45) is 7.10. The molecule has 1 aliphatic heterocycles. The Morgan fingerprint density at radius 3 is 2.81 bits per heavy atom. The minimum Gasteiger partial charge on any atom is -0.493 e. The molecule has 1 fully saturated rings. The maximum atomic E-state index is 9.77. The molecule has 3 rings (SSSR count). The normalized spacial score (nSPS) is 20.1. The van der Waals surface area contributed by atoms with Gasteiger partial charge < -0.3 is 15.2 Å². The molecule has 1 heterocycles. The van der Waals surface area contributed by atoms with Gasteiger partial charge in [0.25, 0.3) is 0 Å². The maximum absolute atomic E-state index is 9.77. The van der Waals surface area contributed by atoms with Crippen molar-refractivity contribution < 1.29 is 9.84 Å². The molecule has 21 heavy (non-hydrogen) atoms. The summed E-state index contributed by atoms with van der Waals surface area (Å²) >= 11 is 3.59. The molecule has 0 bridgehead atoms. The molecule has 0 aromatic heterocycles. The number of fused-ring (bicyclic) bond motifs is 1. The summed E-state index contributed by atoms with van der Waals surface area (Å²) in [6, 6.07) is 4.30. The van der Waals surface area contributed by atoms with Gasteiger partial charge in [0, 0.05) is 41.6 Å². The average Bonchev–Trinajstić information content (AvgIpc) is 2.96. The second-order valence-electron chi connectivity index (χ2n) is 6.47. The van der Waals surface area contributed by atoms with E-state index in [1.807, 2.05) is 0 Å². The predicted molar refractivity (Wildman–Crippen MR) is 87.7 cm³/mol. The van der Waals surface area contributed by atoms with E-state index >= 15 is 0 Å². The van der Waals surface area contributed by atoms with Gasteiger partial charge in [0.15, 0.2) is 0 Å². The van der Waals surface area contributed by atoms with E-state index in [0.29, 0.717) is 6.61 Å². The first-order chi connectivity index (χ1) is 10.2. The van der Waals surface area contributed by atoms with Crippen LogP contribution >= 0.6 is 15.9 Å². The molecule has 2 N–H and O–H groups in total. The van der Waals surface area contributed by atoms with Gasteiger partial charge in [-0.2, -0.15) is 0 Å². The third kappa shape index (κ3) is 3.43. The van der Waals surface area contributed by atoms with E-state index in [0.717, 1.165) is 49.2 Å². The van der Waals surface area contributed by atoms with Crippen LogP contribution in [0.1, 0.15) is 43.2 Å². The lowest BCUT2D eigenvalue weighted by Gasteiger charge is -2.35. The number of hydrogen-bond donors (Lipinski definition) is 2. The predicted octanol–water partition coefficient (Wildman–Crippen LogP) is 3.42. The van der Waals surface area contributed by atoms with E-state index in [-0.39, 0.29) is 5.41 Å². The van der Waals surface area contributed by atoms with Gasteiger partial charge in [-0.3, -0.25) is 0 Å². The molecule has 1 aliphatic carbocycles. The average molecular weight is 354 g/mol. The number of halogens is 1. The second kappa shape index (κ2) is 6.67. The van der Waals surface area contributed by atoms with Crippen LogP contribution in [0.15, 0.2) is 16.6 Å². The van der Waals surface area contributed by atoms with Crippen molar-refractivity contribution in [2.45, 2.75) is 45.1 Å². The van der Waals surface area contributed by atoms with Crippen LogP contribution in [0.3, 0.4) is 0 Å². The second-order valence-corrected chi connectivity index (χ2v) is 7.39. The number of aliphatic hydroxyl groups excluding tert-OH is 1. The zero-order valence-corrected chi connectivity index (χ0v) is 14.0. The van der Waals surface area contributed by atoms with Gasteiger partial charge >= 0.3 is 0 Å². The molecule has 1 saturated carbocycles. The standard InChI is InChI=1S/C17H24BrNO2/c18-15-8-13-4-7-21-16(13)14(9-15)10-19-11-17(12-20)5-2-1-3-6-17/h8-9,19-20H,1-7,10-12H2. The molecule has 0 atom stereocenters. The first kappa shape index (κ1) is 15.3. The number of hydrogen-bond acceptors (Lipinski definition) is 3. The van der Waals surface area contributed by atoms with Crippen LogP contribution in [0.4, 0.5) is 0 Å². The van der Waals surface area contributed by atoms with Gasteiger partial charge in [0.2, 0.25) is 0 Å². The van der Waals surface area contributed by atoms with E-state index < -0.39 is 0 Å².